The van der Waals surface area contributed by atoms with Crippen LogP contribution in [0.1, 0.15) is 56.9 Å². The maximum absolute atomic E-state index is 13.1. The maximum Gasteiger partial charge on any atom is 0.226 e. The Bertz CT molecular complexity index is 753. The third kappa shape index (κ3) is 3.64. The van der Waals surface area contributed by atoms with Crippen LogP contribution in [0, 0.1) is 29.1 Å². The second kappa shape index (κ2) is 7.33. The average molecular weight is 396 g/mol. The van der Waals surface area contributed by atoms with Gasteiger partial charge in [0, 0.05) is 30.7 Å². The molecule has 0 radical (unpaired) electrons. The molecular weight excluding hydrogens is 362 g/mol. The number of nitrogens with zero attached hydrogens (tertiary/aromatic N) is 1. The molecule has 156 valence electrons. The van der Waals surface area contributed by atoms with Gasteiger partial charge in [0.05, 0.1) is 5.92 Å². The summed E-state index contributed by atoms with van der Waals surface area (Å²) >= 11 is 0. The van der Waals surface area contributed by atoms with Crippen molar-refractivity contribution < 1.29 is 9.59 Å². The van der Waals surface area contributed by atoms with Crippen molar-refractivity contribution in [2.75, 3.05) is 18.0 Å². The molecule has 1 aromatic rings. The minimum Gasteiger partial charge on any atom is -0.371 e. The molecule has 1 aliphatic heterocycles. The molecule has 1 heterocycles. The molecule has 3 N–H and O–H groups in total. The molecule has 0 aromatic heterocycles. The second-order valence-electron chi connectivity index (χ2n) is 10.2. The van der Waals surface area contributed by atoms with Crippen LogP contribution in [0.3, 0.4) is 0 Å². The van der Waals surface area contributed by atoms with Crippen molar-refractivity contribution in [3.05, 3.63) is 29.8 Å². The number of amides is 2. The zero-order valence-electron chi connectivity index (χ0n) is 17.2. The number of benzene rings is 1. The lowest BCUT2D eigenvalue weighted by atomic mass is 9.49. The predicted molar refractivity (Wildman–Crippen MR) is 113 cm³/mol. The third-order valence-corrected chi connectivity index (χ3v) is 8.10. The summed E-state index contributed by atoms with van der Waals surface area (Å²) in [5.74, 6) is 2.42. The number of hydrogen-bond donors (Lipinski definition) is 2. The summed E-state index contributed by atoms with van der Waals surface area (Å²) in [6, 6.07) is 8.41. The molecule has 4 saturated carbocycles. The number of carbonyl (C=O) groups is 2. The van der Waals surface area contributed by atoms with E-state index in [2.05, 4.69) is 34.5 Å². The Morgan fingerprint density at radius 2 is 1.66 bits per heavy atom. The highest BCUT2D eigenvalue weighted by atomic mass is 16.2. The van der Waals surface area contributed by atoms with E-state index < -0.39 is 0 Å². The van der Waals surface area contributed by atoms with Gasteiger partial charge in [-0.1, -0.05) is 12.1 Å². The Morgan fingerprint density at radius 3 is 2.24 bits per heavy atom. The van der Waals surface area contributed by atoms with Crippen molar-refractivity contribution in [3.8, 4) is 0 Å². The third-order valence-electron chi connectivity index (χ3n) is 8.10. The molecule has 1 aromatic carbocycles. The van der Waals surface area contributed by atoms with Crippen molar-refractivity contribution in [2.45, 2.75) is 57.9 Å². The second-order valence-corrected chi connectivity index (χ2v) is 10.2. The molecule has 4 bridgehead atoms. The monoisotopic (exact) mass is 395 g/mol. The van der Waals surface area contributed by atoms with Crippen LogP contribution in [0.25, 0.3) is 0 Å². The van der Waals surface area contributed by atoms with Crippen molar-refractivity contribution in [1.82, 2.24) is 5.32 Å². The standard InChI is InChI=1S/C24H33N3O2/c25-22(28)20-2-1-7-27(15-20)21-5-3-16(4-6-21)14-26-23(29)24-11-17-8-18(12-24)10-19(9-17)13-24/h3-6,17-20H,1-2,7-15H2,(H2,25,28)(H,26,29)/t17?,18?,19?,20-,24?/m1/s1. The average Bonchev–Trinajstić information content (AvgIpc) is 2.71. The number of rotatable bonds is 5. The molecule has 0 spiro atoms. The summed E-state index contributed by atoms with van der Waals surface area (Å²) in [5.41, 5.74) is 7.69. The maximum atomic E-state index is 13.1. The minimum atomic E-state index is -0.196. The summed E-state index contributed by atoms with van der Waals surface area (Å²) in [6.07, 6.45) is 9.30. The number of primary amides is 1. The van der Waals surface area contributed by atoms with E-state index in [0.717, 1.165) is 67.7 Å². The van der Waals surface area contributed by atoms with Crippen molar-refractivity contribution in [2.24, 2.45) is 34.8 Å². The van der Waals surface area contributed by atoms with Crippen LogP contribution in [0.4, 0.5) is 5.69 Å². The van der Waals surface area contributed by atoms with Crippen molar-refractivity contribution in [3.63, 3.8) is 0 Å². The fourth-order valence-electron chi connectivity index (χ4n) is 7.03. The predicted octanol–water partition coefficient (Wildman–Crippen LogP) is 3.22. The van der Waals surface area contributed by atoms with Gasteiger partial charge in [-0.2, -0.15) is 0 Å². The highest BCUT2D eigenvalue weighted by Gasteiger charge is 2.54. The molecule has 2 amide bonds. The fraction of sp³-hybridized carbons (Fsp3) is 0.667. The van der Waals surface area contributed by atoms with Gasteiger partial charge in [-0.25, -0.2) is 0 Å². The molecule has 5 heteroatoms. The first-order chi connectivity index (χ1) is 14.0. The van der Waals surface area contributed by atoms with Gasteiger partial charge in [0.2, 0.25) is 11.8 Å². The molecule has 5 aliphatic rings. The van der Waals surface area contributed by atoms with E-state index in [1.165, 1.54) is 19.3 Å². The molecule has 0 unspecified atom stereocenters. The van der Waals surface area contributed by atoms with Gasteiger partial charge >= 0.3 is 0 Å². The molecule has 29 heavy (non-hydrogen) atoms. The SMILES string of the molecule is NC(=O)[C@@H]1CCCN(c2ccc(CNC(=O)C34CC5CC(CC(C5)C3)C4)cc2)C1. The lowest BCUT2D eigenvalue weighted by molar-refractivity contribution is -0.146. The van der Waals surface area contributed by atoms with E-state index in [1.807, 2.05) is 0 Å². The van der Waals surface area contributed by atoms with E-state index >= 15 is 0 Å². The minimum absolute atomic E-state index is 0.0528. The van der Waals surface area contributed by atoms with E-state index in [9.17, 15) is 9.59 Å². The van der Waals surface area contributed by atoms with Gasteiger partial charge in [0.1, 0.15) is 0 Å². The van der Waals surface area contributed by atoms with Gasteiger partial charge in [0.25, 0.3) is 0 Å². The van der Waals surface area contributed by atoms with Crippen LogP contribution in [-0.2, 0) is 16.1 Å². The molecule has 6 rings (SSSR count). The first-order valence-electron chi connectivity index (χ1n) is 11.4. The zero-order valence-corrected chi connectivity index (χ0v) is 17.2. The summed E-state index contributed by atoms with van der Waals surface area (Å²) < 4.78 is 0. The quantitative estimate of drug-likeness (QED) is 0.804. The lowest BCUT2D eigenvalue weighted by Gasteiger charge is -2.55. The van der Waals surface area contributed by atoms with Crippen LogP contribution < -0.4 is 16.0 Å². The summed E-state index contributed by atoms with van der Waals surface area (Å²) in [4.78, 5) is 26.9. The van der Waals surface area contributed by atoms with E-state index in [0.29, 0.717) is 19.0 Å². The van der Waals surface area contributed by atoms with E-state index in [-0.39, 0.29) is 17.2 Å². The Balaban J connectivity index is 1.19. The first-order valence-corrected chi connectivity index (χ1v) is 11.4. The molecule has 5 nitrogen and oxygen atoms in total. The molecule has 5 fully saturated rings. The highest BCUT2D eigenvalue weighted by molar-refractivity contribution is 5.83. The number of piperidine rings is 1. The normalized spacial score (nSPS) is 35.5. The molecule has 4 aliphatic carbocycles. The van der Waals surface area contributed by atoms with Crippen LogP contribution in [0.15, 0.2) is 24.3 Å². The molecular formula is C24H33N3O2. The van der Waals surface area contributed by atoms with Gasteiger partial charge in [-0.3, -0.25) is 9.59 Å². The lowest BCUT2D eigenvalue weighted by Crippen LogP contribution is -2.53. The van der Waals surface area contributed by atoms with Gasteiger partial charge in [-0.15, -0.1) is 0 Å². The number of carbonyl (C=O) groups excluding carboxylic acids is 2. The topological polar surface area (TPSA) is 75.4 Å². The van der Waals surface area contributed by atoms with E-state index in [4.69, 9.17) is 5.73 Å². The largest absolute Gasteiger partial charge is 0.371 e. The van der Waals surface area contributed by atoms with Crippen LogP contribution in [0.5, 0.6) is 0 Å². The van der Waals surface area contributed by atoms with Gasteiger partial charge in [-0.05, 0) is 86.8 Å². The van der Waals surface area contributed by atoms with Crippen molar-refractivity contribution in [1.29, 1.82) is 0 Å². The summed E-state index contributed by atoms with van der Waals surface area (Å²) in [7, 11) is 0. The van der Waals surface area contributed by atoms with Crippen LogP contribution in [0.2, 0.25) is 0 Å². The van der Waals surface area contributed by atoms with E-state index in [1.54, 1.807) is 0 Å². The smallest absolute Gasteiger partial charge is 0.226 e. The Morgan fingerprint density at radius 1 is 1.03 bits per heavy atom. The van der Waals surface area contributed by atoms with Crippen LogP contribution in [-0.4, -0.2) is 24.9 Å². The van der Waals surface area contributed by atoms with Gasteiger partial charge < -0.3 is 16.0 Å². The number of nitrogens with two attached hydrogens (primary N) is 1. The number of hydrogen-bond acceptors (Lipinski definition) is 3. The summed E-state index contributed by atoms with van der Waals surface area (Å²) in [5, 5.41) is 3.26. The fourth-order valence-corrected chi connectivity index (χ4v) is 7.03. The van der Waals surface area contributed by atoms with Crippen molar-refractivity contribution >= 4 is 17.5 Å². The first kappa shape index (κ1) is 19.0. The zero-order chi connectivity index (χ0) is 20.0. The molecule has 1 atom stereocenters. The molecule has 1 saturated heterocycles. The van der Waals surface area contributed by atoms with Crippen LogP contribution >= 0.6 is 0 Å². The Labute approximate surface area is 173 Å². The number of nitrogens with one attached hydrogen (secondary N) is 1. The Hall–Kier alpha value is -2.04. The van der Waals surface area contributed by atoms with Gasteiger partial charge in [0.15, 0.2) is 0 Å². The summed E-state index contributed by atoms with van der Waals surface area (Å²) in [6.45, 7) is 2.27. The highest BCUT2D eigenvalue weighted by Crippen LogP contribution is 2.60. The number of anilines is 1. The Kier molecular flexibility index (Phi) is 4.79.